The van der Waals surface area contributed by atoms with Gasteiger partial charge in [0.25, 0.3) is 0 Å². The van der Waals surface area contributed by atoms with E-state index in [1.807, 2.05) is 0 Å². The predicted octanol–water partition coefficient (Wildman–Crippen LogP) is 1.15. The van der Waals surface area contributed by atoms with Crippen molar-refractivity contribution in [1.82, 2.24) is 9.97 Å². The monoisotopic (exact) mass is 192 g/mol. The average molecular weight is 192 g/mol. The Morgan fingerprint density at radius 1 is 1.31 bits per heavy atom. The lowest BCUT2D eigenvalue weighted by Gasteiger charge is -2.04. The van der Waals surface area contributed by atoms with Gasteiger partial charge in [0.15, 0.2) is 0 Å². The van der Waals surface area contributed by atoms with Crippen molar-refractivity contribution in [2.24, 2.45) is 0 Å². The van der Waals surface area contributed by atoms with Crippen LogP contribution in [0, 0.1) is 0 Å². The maximum Gasteiger partial charge on any atom is 0.575 e. The van der Waals surface area contributed by atoms with E-state index in [-0.39, 0.29) is 0 Å². The third-order valence-electron chi connectivity index (χ3n) is 0.957. The van der Waals surface area contributed by atoms with Crippen molar-refractivity contribution in [3.05, 3.63) is 24.3 Å². The fourth-order valence-electron chi connectivity index (χ4n) is 0.555. The second-order valence-electron chi connectivity index (χ2n) is 1.91. The summed E-state index contributed by atoms with van der Waals surface area (Å²) in [5, 5.41) is 0. The van der Waals surface area contributed by atoms with Gasteiger partial charge in [0.2, 0.25) is 5.82 Å². The van der Waals surface area contributed by atoms with Crippen molar-refractivity contribution in [3.63, 3.8) is 0 Å². The van der Waals surface area contributed by atoms with Gasteiger partial charge in [-0.3, -0.25) is 0 Å². The van der Waals surface area contributed by atoms with Crippen LogP contribution in [0.2, 0.25) is 0 Å². The first-order valence-electron chi connectivity index (χ1n) is 3.06. The zero-order valence-electron chi connectivity index (χ0n) is 6.08. The average Bonchev–Trinajstić information content (AvgIpc) is 2.03. The third kappa shape index (κ3) is 3.06. The molecule has 13 heavy (non-hydrogen) atoms. The summed E-state index contributed by atoms with van der Waals surface area (Å²) in [6.45, 7) is 0. The standard InChI is InChI=1S/C6H3F3N2O2/c7-6(8,9)13-5(12)4-10-2-1-3-11-4/h1-3H. The molecule has 0 spiro atoms. The number of hydrogen-bond donors (Lipinski definition) is 0. The number of halogens is 3. The van der Waals surface area contributed by atoms with Gasteiger partial charge in [0.05, 0.1) is 0 Å². The van der Waals surface area contributed by atoms with Crippen LogP contribution in [0.1, 0.15) is 10.6 Å². The molecule has 0 amide bonds. The van der Waals surface area contributed by atoms with E-state index in [0.29, 0.717) is 0 Å². The molecule has 1 aromatic rings. The summed E-state index contributed by atoms with van der Waals surface area (Å²) in [4.78, 5) is 17.1. The molecule has 1 aromatic heterocycles. The predicted molar refractivity (Wildman–Crippen MR) is 33.5 cm³/mol. The second kappa shape index (κ2) is 3.38. The van der Waals surface area contributed by atoms with Crippen LogP contribution in [0.5, 0.6) is 0 Å². The molecule has 0 radical (unpaired) electrons. The first-order valence-corrected chi connectivity index (χ1v) is 3.06. The molecule has 7 heteroatoms. The van der Waals surface area contributed by atoms with E-state index >= 15 is 0 Å². The number of carbonyl (C=O) groups excluding carboxylic acids is 1. The minimum absolute atomic E-state index is 0.625. The Morgan fingerprint density at radius 2 is 1.85 bits per heavy atom. The van der Waals surface area contributed by atoms with E-state index in [0.717, 1.165) is 12.4 Å². The van der Waals surface area contributed by atoms with Gasteiger partial charge in [0.1, 0.15) is 0 Å². The minimum Gasteiger partial charge on any atom is -0.367 e. The molecule has 4 nitrogen and oxygen atoms in total. The number of carbonyl (C=O) groups is 1. The maximum atomic E-state index is 11.5. The molecular weight excluding hydrogens is 189 g/mol. The van der Waals surface area contributed by atoms with Crippen molar-refractivity contribution >= 4 is 5.97 Å². The number of hydrogen-bond acceptors (Lipinski definition) is 4. The van der Waals surface area contributed by atoms with E-state index in [1.165, 1.54) is 6.07 Å². The number of ether oxygens (including phenoxy) is 1. The van der Waals surface area contributed by atoms with Crippen LogP contribution >= 0.6 is 0 Å². The van der Waals surface area contributed by atoms with Crippen molar-refractivity contribution in [2.75, 3.05) is 0 Å². The lowest BCUT2D eigenvalue weighted by Crippen LogP contribution is -2.20. The van der Waals surface area contributed by atoms with Gasteiger partial charge in [-0.05, 0) is 6.07 Å². The summed E-state index contributed by atoms with van der Waals surface area (Å²) in [5.74, 6) is -2.24. The van der Waals surface area contributed by atoms with Gasteiger partial charge in [0, 0.05) is 12.4 Å². The summed E-state index contributed by atoms with van der Waals surface area (Å²) in [7, 11) is 0. The Morgan fingerprint density at radius 3 is 2.31 bits per heavy atom. The Labute approximate surface area is 70.4 Å². The molecule has 70 valence electrons. The van der Waals surface area contributed by atoms with E-state index in [9.17, 15) is 18.0 Å². The molecule has 0 saturated carbocycles. The highest BCUT2D eigenvalue weighted by molar-refractivity contribution is 5.85. The van der Waals surface area contributed by atoms with Gasteiger partial charge in [-0.1, -0.05) is 0 Å². The molecule has 0 aliphatic carbocycles. The topological polar surface area (TPSA) is 52.1 Å². The van der Waals surface area contributed by atoms with E-state index in [2.05, 4.69) is 14.7 Å². The lowest BCUT2D eigenvalue weighted by atomic mass is 10.5. The summed E-state index contributed by atoms with van der Waals surface area (Å²) in [5.41, 5.74) is 0. The lowest BCUT2D eigenvalue weighted by molar-refractivity contribution is -0.292. The van der Waals surface area contributed by atoms with Crippen molar-refractivity contribution < 1.29 is 22.7 Å². The zero-order valence-corrected chi connectivity index (χ0v) is 6.08. The molecule has 1 rings (SSSR count). The zero-order chi connectivity index (χ0) is 9.90. The largest absolute Gasteiger partial charge is 0.575 e. The Hall–Kier alpha value is -1.66. The normalized spacial score (nSPS) is 11.0. The van der Waals surface area contributed by atoms with Crippen LogP contribution in [-0.4, -0.2) is 22.3 Å². The Balaban J connectivity index is 2.71. The quantitative estimate of drug-likeness (QED) is 0.626. The van der Waals surface area contributed by atoms with Crippen LogP contribution in [-0.2, 0) is 4.74 Å². The molecule has 1 heterocycles. The molecule has 0 fully saturated rings. The van der Waals surface area contributed by atoms with Gasteiger partial charge in [-0.15, -0.1) is 13.2 Å². The van der Waals surface area contributed by atoms with Gasteiger partial charge in [-0.2, -0.15) is 0 Å². The fraction of sp³-hybridized carbons (Fsp3) is 0.167. The van der Waals surface area contributed by atoms with Gasteiger partial charge < -0.3 is 4.74 Å². The highest BCUT2D eigenvalue weighted by atomic mass is 19.4. The third-order valence-corrected chi connectivity index (χ3v) is 0.957. The van der Waals surface area contributed by atoms with Crippen LogP contribution in [0.3, 0.4) is 0 Å². The van der Waals surface area contributed by atoms with Crippen LogP contribution in [0.25, 0.3) is 0 Å². The van der Waals surface area contributed by atoms with Crippen molar-refractivity contribution in [2.45, 2.75) is 6.36 Å². The van der Waals surface area contributed by atoms with Crippen molar-refractivity contribution in [1.29, 1.82) is 0 Å². The van der Waals surface area contributed by atoms with Crippen LogP contribution in [0.15, 0.2) is 18.5 Å². The van der Waals surface area contributed by atoms with Crippen LogP contribution < -0.4 is 0 Å². The SMILES string of the molecule is O=C(OC(F)(F)F)c1ncccn1. The number of alkyl halides is 3. The summed E-state index contributed by atoms with van der Waals surface area (Å²) >= 11 is 0. The van der Waals surface area contributed by atoms with Crippen molar-refractivity contribution in [3.8, 4) is 0 Å². The molecule has 0 aliphatic heterocycles. The number of esters is 1. The fourth-order valence-corrected chi connectivity index (χ4v) is 0.555. The molecule has 0 N–H and O–H groups in total. The number of rotatable bonds is 1. The molecule has 0 bridgehead atoms. The van der Waals surface area contributed by atoms with Gasteiger partial charge >= 0.3 is 12.3 Å². The maximum absolute atomic E-state index is 11.5. The molecule has 0 aromatic carbocycles. The number of nitrogens with zero attached hydrogens (tertiary/aromatic N) is 2. The molecule has 0 aliphatic rings. The second-order valence-corrected chi connectivity index (χ2v) is 1.91. The summed E-state index contributed by atoms with van der Waals surface area (Å²) < 4.78 is 37.5. The minimum atomic E-state index is -5.00. The highest BCUT2D eigenvalue weighted by Crippen LogP contribution is 2.17. The smallest absolute Gasteiger partial charge is 0.367 e. The molecule has 0 unspecified atom stereocenters. The Bertz CT molecular complexity index is 298. The van der Waals surface area contributed by atoms with Crippen LogP contribution in [0.4, 0.5) is 13.2 Å². The van der Waals surface area contributed by atoms with E-state index in [4.69, 9.17) is 0 Å². The summed E-state index contributed by atoms with van der Waals surface area (Å²) in [6, 6.07) is 1.37. The number of aromatic nitrogens is 2. The first-order chi connectivity index (χ1) is 5.99. The van der Waals surface area contributed by atoms with E-state index < -0.39 is 18.2 Å². The Kier molecular flexibility index (Phi) is 2.45. The first kappa shape index (κ1) is 9.43. The summed E-state index contributed by atoms with van der Waals surface area (Å²) in [6.07, 6.45) is -2.73. The molecule has 0 atom stereocenters. The highest BCUT2D eigenvalue weighted by Gasteiger charge is 2.35. The van der Waals surface area contributed by atoms with E-state index in [1.54, 1.807) is 0 Å². The molecular formula is C6H3F3N2O2. The molecule has 0 saturated heterocycles. The van der Waals surface area contributed by atoms with Gasteiger partial charge in [-0.25, -0.2) is 14.8 Å².